The molecule has 0 bridgehead atoms. The van der Waals surface area contributed by atoms with Crippen molar-refractivity contribution >= 4 is 12.1 Å². The molecule has 0 spiro atoms. The predicted molar refractivity (Wildman–Crippen MR) is 48.8 cm³/mol. The fourth-order valence-electron chi connectivity index (χ4n) is 0.882. The summed E-state index contributed by atoms with van der Waals surface area (Å²) in [5, 5.41) is 19.5. The second-order valence-corrected chi connectivity index (χ2v) is 2.66. The largest absolute Gasteiger partial charge is 0.467 e. The van der Waals surface area contributed by atoms with Crippen LogP contribution in [0.3, 0.4) is 0 Å². The van der Waals surface area contributed by atoms with Gasteiger partial charge in [-0.05, 0) is 6.92 Å². The van der Waals surface area contributed by atoms with Crippen molar-refractivity contribution in [3.05, 3.63) is 0 Å². The summed E-state index contributed by atoms with van der Waals surface area (Å²) in [7, 11) is 1.13. The zero-order valence-corrected chi connectivity index (χ0v) is 8.60. The molecule has 0 fully saturated rings. The number of aliphatic hydroxyl groups excluding tert-OH is 1. The maximum absolute atomic E-state index is 11.1. The molecule has 88 valence electrons. The fraction of sp³-hybridized carbons (Fsp3) is 0.750. The smallest absolute Gasteiger partial charge is 0.407 e. The minimum atomic E-state index is -1.71. The standard InChI is InChI=1S/C8H15NO6/c1-3-15-8(13)9-5(4-6(10)11)7(12)14-2/h5-6,10-11H,3-4H2,1-2H3,(H,9,13)/t5-/m1/s1. The third-order valence-corrected chi connectivity index (χ3v) is 1.50. The second-order valence-electron chi connectivity index (χ2n) is 2.66. The highest BCUT2D eigenvalue weighted by Gasteiger charge is 2.24. The van der Waals surface area contributed by atoms with Gasteiger partial charge in [-0.2, -0.15) is 0 Å². The summed E-state index contributed by atoms with van der Waals surface area (Å²) >= 11 is 0. The van der Waals surface area contributed by atoms with Gasteiger partial charge in [-0.25, -0.2) is 9.59 Å². The molecule has 0 radical (unpaired) electrons. The predicted octanol–water partition coefficient (Wildman–Crippen LogP) is -1.03. The molecule has 0 aliphatic rings. The van der Waals surface area contributed by atoms with E-state index in [1.807, 2.05) is 0 Å². The summed E-state index contributed by atoms with van der Waals surface area (Å²) in [6.07, 6.45) is -2.88. The highest BCUT2D eigenvalue weighted by atomic mass is 16.6. The summed E-state index contributed by atoms with van der Waals surface area (Å²) in [5.74, 6) is -0.767. The van der Waals surface area contributed by atoms with Crippen LogP contribution in [0.15, 0.2) is 0 Å². The molecule has 0 saturated heterocycles. The Labute approximate surface area is 87.0 Å². The molecule has 0 aliphatic carbocycles. The zero-order valence-electron chi connectivity index (χ0n) is 8.60. The van der Waals surface area contributed by atoms with Crippen molar-refractivity contribution in [3.63, 3.8) is 0 Å². The minimum absolute atomic E-state index is 0.154. The molecule has 0 aromatic rings. The van der Waals surface area contributed by atoms with Gasteiger partial charge in [0, 0.05) is 6.42 Å². The van der Waals surface area contributed by atoms with Crippen molar-refractivity contribution in [1.82, 2.24) is 5.32 Å². The average molecular weight is 221 g/mol. The summed E-state index contributed by atoms with van der Waals surface area (Å²) in [6, 6.07) is -1.13. The topological polar surface area (TPSA) is 105 Å². The van der Waals surface area contributed by atoms with Crippen molar-refractivity contribution < 1.29 is 29.3 Å². The number of alkyl carbamates (subject to hydrolysis) is 1. The molecule has 7 nitrogen and oxygen atoms in total. The SMILES string of the molecule is CCOC(=O)N[C@H](CC(O)O)C(=O)OC. The molecule has 1 amide bonds. The first-order valence-electron chi connectivity index (χ1n) is 4.38. The van der Waals surface area contributed by atoms with Crippen LogP contribution in [-0.2, 0) is 14.3 Å². The minimum Gasteiger partial charge on any atom is -0.467 e. The lowest BCUT2D eigenvalue weighted by Gasteiger charge is -2.16. The molecule has 0 rings (SSSR count). The van der Waals surface area contributed by atoms with E-state index in [0.717, 1.165) is 7.11 Å². The van der Waals surface area contributed by atoms with Gasteiger partial charge in [-0.3, -0.25) is 0 Å². The lowest BCUT2D eigenvalue weighted by Crippen LogP contribution is -2.43. The summed E-state index contributed by atoms with van der Waals surface area (Å²) in [5.41, 5.74) is 0. The lowest BCUT2D eigenvalue weighted by molar-refractivity contribution is -0.146. The number of carbonyl (C=O) groups excluding carboxylic acids is 2. The highest BCUT2D eigenvalue weighted by Crippen LogP contribution is 1.99. The summed E-state index contributed by atoms with van der Waals surface area (Å²) in [4.78, 5) is 22.0. The van der Waals surface area contributed by atoms with Crippen LogP contribution in [0.2, 0.25) is 0 Å². The number of aliphatic hydroxyl groups is 2. The number of nitrogens with one attached hydrogen (secondary N) is 1. The molecule has 0 aromatic carbocycles. The number of rotatable bonds is 5. The van der Waals surface area contributed by atoms with E-state index in [4.69, 9.17) is 10.2 Å². The van der Waals surface area contributed by atoms with E-state index in [0.29, 0.717) is 0 Å². The van der Waals surface area contributed by atoms with E-state index in [1.165, 1.54) is 0 Å². The number of amides is 1. The molecule has 0 saturated carbocycles. The van der Waals surface area contributed by atoms with E-state index in [2.05, 4.69) is 14.8 Å². The molecule has 3 N–H and O–H groups in total. The van der Waals surface area contributed by atoms with Gasteiger partial charge in [0.2, 0.25) is 0 Å². The third kappa shape index (κ3) is 5.87. The molecular weight excluding hydrogens is 206 g/mol. The van der Waals surface area contributed by atoms with Crippen LogP contribution in [0.25, 0.3) is 0 Å². The maximum Gasteiger partial charge on any atom is 0.407 e. The van der Waals surface area contributed by atoms with Gasteiger partial charge >= 0.3 is 12.1 Å². The van der Waals surface area contributed by atoms with Crippen LogP contribution in [0.4, 0.5) is 4.79 Å². The lowest BCUT2D eigenvalue weighted by atomic mass is 10.2. The van der Waals surface area contributed by atoms with Crippen molar-refractivity contribution in [2.24, 2.45) is 0 Å². The van der Waals surface area contributed by atoms with E-state index in [1.54, 1.807) is 6.92 Å². The molecule has 0 aromatic heterocycles. The van der Waals surface area contributed by atoms with E-state index in [9.17, 15) is 9.59 Å². The van der Waals surface area contributed by atoms with Gasteiger partial charge in [0.15, 0.2) is 6.29 Å². The van der Waals surface area contributed by atoms with Gasteiger partial charge in [0.1, 0.15) is 6.04 Å². The second kappa shape index (κ2) is 7.02. The number of methoxy groups -OCH3 is 1. The van der Waals surface area contributed by atoms with Crippen molar-refractivity contribution in [3.8, 4) is 0 Å². The Bertz CT molecular complexity index is 217. The van der Waals surface area contributed by atoms with E-state index >= 15 is 0 Å². The number of hydrogen-bond acceptors (Lipinski definition) is 6. The molecule has 0 aliphatic heterocycles. The Balaban J connectivity index is 4.24. The van der Waals surface area contributed by atoms with Crippen LogP contribution in [0, 0.1) is 0 Å². The van der Waals surface area contributed by atoms with Gasteiger partial charge in [-0.15, -0.1) is 0 Å². The first kappa shape index (κ1) is 13.7. The van der Waals surface area contributed by atoms with Crippen LogP contribution in [0.1, 0.15) is 13.3 Å². The van der Waals surface area contributed by atoms with E-state index in [-0.39, 0.29) is 13.0 Å². The van der Waals surface area contributed by atoms with Gasteiger partial charge in [0.25, 0.3) is 0 Å². The number of ether oxygens (including phenoxy) is 2. The molecule has 1 atom stereocenters. The monoisotopic (exact) mass is 221 g/mol. The number of esters is 1. The van der Waals surface area contributed by atoms with Gasteiger partial charge in [-0.1, -0.05) is 0 Å². The number of carbonyl (C=O) groups is 2. The van der Waals surface area contributed by atoms with E-state index < -0.39 is 24.4 Å². The molecule has 0 heterocycles. The summed E-state index contributed by atoms with van der Waals surface area (Å²) in [6.45, 7) is 1.76. The first-order valence-corrected chi connectivity index (χ1v) is 4.38. The maximum atomic E-state index is 11.1. The van der Waals surface area contributed by atoms with Crippen molar-refractivity contribution in [2.45, 2.75) is 25.7 Å². The van der Waals surface area contributed by atoms with Gasteiger partial charge in [0.05, 0.1) is 13.7 Å². The summed E-state index contributed by atoms with van der Waals surface area (Å²) < 4.78 is 8.89. The average Bonchev–Trinajstić information content (AvgIpc) is 2.15. The zero-order chi connectivity index (χ0) is 11.8. The quantitative estimate of drug-likeness (QED) is 0.405. The third-order valence-electron chi connectivity index (χ3n) is 1.50. The van der Waals surface area contributed by atoms with Crippen molar-refractivity contribution in [1.29, 1.82) is 0 Å². The van der Waals surface area contributed by atoms with Crippen LogP contribution >= 0.6 is 0 Å². The Morgan fingerprint density at radius 1 is 1.40 bits per heavy atom. The molecule has 15 heavy (non-hydrogen) atoms. The fourth-order valence-corrected chi connectivity index (χ4v) is 0.882. The first-order chi connectivity index (χ1) is 7.01. The van der Waals surface area contributed by atoms with Gasteiger partial charge < -0.3 is 25.0 Å². The Morgan fingerprint density at radius 2 is 2.00 bits per heavy atom. The normalized spacial score (nSPS) is 12.1. The Kier molecular flexibility index (Phi) is 6.39. The number of hydrogen-bond donors (Lipinski definition) is 3. The molecular formula is C8H15NO6. The van der Waals surface area contributed by atoms with Crippen LogP contribution in [0.5, 0.6) is 0 Å². The van der Waals surface area contributed by atoms with Crippen molar-refractivity contribution in [2.75, 3.05) is 13.7 Å². The Hall–Kier alpha value is -1.34. The molecule has 0 unspecified atom stereocenters. The van der Waals surface area contributed by atoms with Crippen LogP contribution in [-0.4, -0.2) is 48.3 Å². The Morgan fingerprint density at radius 3 is 2.40 bits per heavy atom. The highest BCUT2D eigenvalue weighted by molar-refractivity contribution is 5.81. The van der Waals surface area contributed by atoms with Crippen LogP contribution < -0.4 is 5.32 Å². The molecule has 7 heteroatoms.